The molecule has 0 atom stereocenters. The van der Waals surface area contributed by atoms with Crippen LogP contribution < -0.4 is 15.5 Å². The van der Waals surface area contributed by atoms with E-state index in [1.54, 1.807) is 6.07 Å². The lowest BCUT2D eigenvalue weighted by atomic mass is 9.99. The van der Waals surface area contributed by atoms with Crippen LogP contribution in [0.5, 0.6) is 0 Å². The van der Waals surface area contributed by atoms with Crippen LogP contribution in [0.2, 0.25) is 0 Å². The van der Waals surface area contributed by atoms with Gasteiger partial charge in [-0.2, -0.15) is 0 Å². The minimum atomic E-state index is -0.750. The van der Waals surface area contributed by atoms with Crippen molar-refractivity contribution < 1.29 is 23.1 Å². The third-order valence-electron chi connectivity index (χ3n) is 5.40. The molecule has 0 aliphatic heterocycles. The number of hydrogen-bond donors (Lipinski definition) is 1. The smallest absolute Gasteiger partial charge is 0.320 e. The number of thiophene rings is 1. The van der Waals surface area contributed by atoms with Crippen molar-refractivity contribution in [2.75, 3.05) is 5.73 Å². The second kappa shape index (κ2) is 8.88. The summed E-state index contributed by atoms with van der Waals surface area (Å²) in [5, 5.41) is 17.2. The fourth-order valence-corrected chi connectivity index (χ4v) is 4.65. The number of fused-ring (bicyclic) bond motifs is 1. The molecule has 5 aromatic rings. The zero-order chi connectivity index (χ0) is 24.7. The summed E-state index contributed by atoms with van der Waals surface area (Å²) < 4.78 is 35.1. The van der Waals surface area contributed by atoms with E-state index in [1.165, 1.54) is 23.0 Å². The van der Waals surface area contributed by atoms with Gasteiger partial charge in [-0.05, 0) is 42.3 Å². The lowest BCUT2D eigenvalue weighted by molar-refractivity contribution is -0.779. The van der Waals surface area contributed by atoms with Crippen molar-refractivity contribution in [3.05, 3.63) is 77.3 Å². The van der Waals surface area contributed by atoms with Crippen LogP contribution in [-0.2, 0) is 0 Å². The number of aromatic nitrogens is 3. The summed E-state index contributed by atoms with van der Waals surface area (Å²) in [6, 6.07) is 14.4. The number of rotatable bonds is 5. The molecule has 0 bridgehead atoms. The quantitative estimate of drug-likeness (QED) is 0.216. The third kappa shape index (κ3) is 4.24. The van der Waals surface area contributed by atoms with Crippen LogP contribution in [0.15, 0.2) is 70.3 Å². The fraction of sp³-hybridized carbons (Fsp3) is 0.120. The summed E-state index contributed by atoms with van der Waals surface area (Å²) in [6.45, 7) is 3.81. The average Bonchev–Trinajstić information content (AvgIpc) is 3.44. The topological polar surface area (TPSA) is 104 Å². The Hall–Kier alpha value is -4.18. The van der Waals surface area contributed by atoms with Crippen LogP contribution in [0, 0.1) is 11.6 Å². The van der Waals surface area contributed by atoms with Crippen LogP contribution in [0.1, 0.15) is 24.8 Å². The van der Waals surface area contributed by atoms with E-state index in [-0.39, 0.29) is 28.1 Å². The first-order valence-corrected chi connectivity index (χ1v) is 11.5. The van der Waals surface area contributed by atoms with Crippen LogP contribution in [0.4, 0.5) is 20.4 Å². The highest BCUT2D eigenvalue weighted by atomic mass is 32.1. The van der Waals surface area contributed by atoms with E-state index in [2.05, 4.69) is 15.2 Å². The van der Waals surface area contributed by atoms with Crippen LogP contribution in [0.25, 0.3) is 32.6 Å². The molecule has 0 aliphatic carbocycles. The predicted octanol–water partition coefficient (Wildman–Crippen LogP) is 4.79. The largest absolute Gasteiger partial charge is 0.857 e. The van der Waals surface area contributed by atoms with Crippen molar-refractivity contribution in [2.45, 2.75) is 19.9 Å². The SMILES string of the molecule is CC(C)[n+]1cc(/N=C(\[O-])c2sc3nc(-c4ccccc4)cc(-c4ccc(F)cc4F)c3c2N)on1. The molecule has 3 heterocycles. The van der Waals surface area contributed by atoms with Crippen LogP contribution in [-0.4, -0.2) is 16.2 Å². The zero-order valence-corrected chi connectivity index (χ0v) is 19.5. The van der Waals surface area contributed by atoms with Gasteiger partial charge in [0.05, 0.1) is 16.3 Å². The molecule has 35 heavy (non-hydrogen) atoms. The molecule has 0 saturated heterocycles. The normalized spacial score (nSPS) is 12.1. The Morgan fingerprint density at radius 2 is 1.89 bits per heavy atom. The molecule has 0 fully saturated rings. The Labute approximate surface area is 202 Å². The molecule has 0 aliphatic rings. The molecular formula is C25H19F2N5O2S. The number of benzene rings is 2. The molecule has 5 rings (SSSR count). The van der Waals surface area contributed by atoms with Crippen molar-refractivity contribution in [1.82, 2.24) is 10.3 Å². The van der Waals surface area contributed by atoms with E-state index in [4.69, 9.17) is 10.3 Å². The Bertz CT molecular complexity index is 1580. The highest BCUT2D eigenvalue weighted by Gasteiger charge is 2.21. The minimum Gasteiger partial charge on any atom is -0.857 e. The summed E-state index contributed by atoms with van der Waals surface area (Å²) in [5.41, 5.74) is 8.40. The highest BCUT2D eigenvalue weighted by molar-refractivity contribution is 7.21. The molecule has 176 valence electrons. The summed E-state index contributed by atoms with van der Waals surface area (Å²) in [4.78, 5) is 9.24. The van der Waals surface area contributed by atoms with Gasteiger partial charge in [0.15, 0.2) is 6.04 Å². The van der Waals surface area contributed by atoms with E-state index >= 15 is 0 Å². The van der Waals surface area contributed by atoms with Gasteiger partial charge >= 0.3 is 5.88 Å². The Morgan fingerprint density at radius 1 is 1.11 bits per heavy atom. The molecule has 0 spiro atoms. The zero-order valence-electron chi connectivity index (χ0n) is 18.7. The molecule has 0 saturated carbocycles. The van der Waals surface area contributed by atoms with Gasteiger partial charge in [0.1, 0.15) is 16.5 Å². The number of anilines is 1. The predicted molar refractivity (Wildman–Crippen MR) is 128 cm³/mol. The molecule has 0 unspecified atom stereocenters. The van der Waals surface area contributed by atoms with Gasteiger partial charge in [-0.15, -0.1) is 11.3 Å². The average molecular weight is 492 g/mol. The molecule has 2 aromatic carbocycles. The lowest BCUT2D eigenvalue weighted by Gasteiger charge is -2.10. The van der Waals surface area contributed by atoms with Crippen LogP contribution in [0.3, 0.4) is 0 Å². The van der Waals surface area contributed by atoms with Crippen molar-refractivity contribution in [3.63, 3.8) is 0 Å². The van der Waals surface area contributed by atoms with Gasteiger partial charge in [0.25, 0.3) is 6.20 Å². The molecular weight excluding hydrogens is 472 g/mol. The first-order valence-electron chi connectivity index (χ1n) is 10.7. The van der Waals surface area contributed by atoms with Gasteiger partial charge < -0.3 is 10.8 Å². The number of nitrogens with two attached hydrogens (primary N) is 1. The summed E-state index contributed by atoms with van der Waals surface area (Å²) in [5.74, 6) is -2.05. The number of halogens is 2. The highest BCUT2D eigenvalue weighted by Crippen LogP contribution is 2.42. The van der Waals surface area contributed by atoms with Gasteiger partial charge in [0.2, 0.25) is 5.27 Å². The summed E-state index contributed by atoms with van der Waals surface area (Å²) in [6.07, 6.45) is 1.51. The van der Waals surface area contributed by atoms with E-state index in [1.807, 2.05) is 44.2 Å². The molecule has 10 heteroatoms. The van der Waals surface area contributed by atoms with Crippen molar-refractivity contribution >= 4 is 39.0 Å². The maximum absolute atomic E-state index is 14.8. The van der Waals surface area contributed by atoms with Crippen LogP contribution >= 0.6 is 11.3 Å². The fourth-order valence-electron chi connectivity index (χ4n) is 3.65. The van der Waals surface area contributed by atoms with E-state index in [9.17, 15) is 13.9 Å². The minimum absolute atomic E-state index is 0.0287. The molecule has 3 aromatic heterocycles. The molecule has 0 radical (unpaired) electrons. The first-order chi connectivity index (χ1) is 16.8. The second-order valence-electron chi connectivity index (χ2n) is 8.10. The standard InChI is InChI=1S/C25H19F2N5O2S/c1-13(2)32-12-20(34-31-32)30-24(33)23-22(28)21-17(16-9-8-15(26)10-18(16)27)11-19(29-25(21)35-23)14-6-4-3-5-7-14/h3-13H,1-2H3,(H2-,28,30,31,33). The summed E-state index contributed by atoms with van der Waals surface area (Å²) >= 11 is 1.05. The lowest BCUT2D eigenvalue weighted by Crippen LogP contribution is -2.36. The van der Waals surface area contributed by atoms with E-state index < -0.39 is 17.5 Å². The maximum atomic E-state index is 14.8. The number of hydrogen-bond acceptors (Lipinski definition) is 7. The number of nitrogens with zero attached hydrogens (tertiary/aromatic N) is 4. The summed E-state index contributed by atoms with van der Waals surface area (Å²) in [7, 11) is 0. The first kappa shape index (κ1) is 22.6. The van der Waals surface area contributed by atoms with Gasteiger partial charge in [-0.1, -0.05) is 30.3 Å². The second-order valence-corrected chi connectivity index (χ2v) is 9.10. The van der Waals surface area contributed by atoms with Gasteiger partial charge in [-0.3, -0.25) is 4.52 Å². The van der Waals surface area contributed by atoms with E-state index in [0.29, 0.717) is 21.5 Å². The number of nitrogen functional groups attached to an aromatic ring is 1. The van der Waals surface area contributed by atoms with Gasteiger partial charge in [-0.25, -0.2) is 18.8 Å². The Kier molecular flexibility index (Phi) is 5.73. The molecule has 7 nitrogen and oxygen atoms in total. The van der Waals surface area contributed by atoms with Crippen molar-refractivity contribution in [1.29, 1.82) is 0 Å². The van der Waals surface area contributed by atoms with E-state index in [0.717, 1.165) is 23.0 Å². The van der Waals surface area contributed by atoms with Crippen molar-refractivity contribution in [3.8, 4) is 22.4 Å². The number of aliphatic imine (C=N–C) groups is 1. The third-order valence-corrected chi connectivity index (χ3v) is 6.48. The van der Waals surface area contributed by atoms with Crippen molar-refractivity contribution in [2.24, 2.45) is 4.99 Å². The number of pyridine rings is 1. The van der Waals surface area contributed by atoms with Gasteiger partial charge in [0, 0.05) is 28.5 Å². The Balaban J connectivity index is 1.72. The molecule has 0 amide bonds. The maximum Gasteiger partial charge on any atom is 0.320 e. The Morgan fingerprint density at radius 3 is 2.57 bits per heavy atom. The molecule has 2 N–H and O–H groups in total. The monoisotopic (exact) mass is 491 g/mol.